The molecule has 1 aliphatic heterocycles. The van der Waals surface area contributed by atoms with Gasteiger partial charge in [0.15, 0.2) is 0 Å². The van der Waals surface area contributed by atoms with E-state index in [4.69, 9.17) is 0 Å². The summed E-state index contributed by atoms with van der Waals surface area (Å²) in [5, 5.41) is 0. The molecule has 0 aromatic rings. The highest BCUT2D eigenvalue weighted by molar-refractivity contribution is 5.78. The summed E-state index contributed by atoms with van der Waals surface area (Å²) < 4.78 is 0. The molecule has 1 rings (SSSR count). The van der Waals surface area contributed by atoms with Gasteiger partial charge in [0, 0.05) is 12.0 Å². The maximum absolute atomic E-state index is 11.2. The molecule has 1 fully saturated rings. The molecule has 1 saturated heterocycles. The lowest BCUT2D eigenvalue weighted by atomic mass is 9.83. The minimum absolute atomic E-state index is 0.268. The third-order valence-corrected chi connectivity index (χ3v) is 3.65. The number of Topliss-reactive ketones (excluding diaryl/α,β-unsaturated/α-hetero) is 1. The van der Waals surface area contributed by atoms with E-state index in [9.17, 15) is 4.79 Å². The van der Waals surface area contributed by atoms with E-state index < -0.39 is 0 Å². The number of carbonyl (C=O) groups excluding carboxylic acids is 1. The van der Waals surface area contributed by atoms with Crippen molar-refractivity contribution >= 4 is 5.78 Å². The van der Waals surface area contributed by atoms with Crippen molar-refractivity contribution in [3.8, 4) is 0 Å². The summed E-state index contributed by atoms with van der Waals surface area (Å²) in [5.41, 5.74) is 0. The predicted octanol–water partition coefficient (Wildman–Crippen LogP) is 2.33. The summed E-state index contributed by atoms with van der Waals surface area (Å²) >= 11 is 0. The lowest BCUT2D eigenvalue weighted by molar-refractivity contribution is -0.122. The van der Waals surface area contributed by atoms with Crippen LogP contribution in [0.4, 0.5) is 0 Å². The molecule has 82 valence electrons. The van der Waals surface area contributed by atoms with Crippen LogP contribution < -0.4 is 0 Å². The summed E-state index contributed by atoms with van der Waals surface area (Å²) in [5.74, 6) is 1.25. The molecule has 0 N–H and O–H groups in total. The topological polar surface area (TPSA) is 20.3 Å². The van der Waals surface area contributed by atoms with Crippen LogP contribution in [0.5, 0.6) is 0 Å². The Morgan fingerprint density at radius 3 is 2.07 bits per heavy atom. The minimum Gasteiger partial charge on any atom is -0.301 e. The zero-order chi connectivity index (χ0) is 10.7. The fourth-order valence-corrected chi connectivity index (χ4v) is 2.27. The van der Waals surface area contributed by atoms with Gasteiger partial charge >= 0.3 is 0 Å². The highest BCUT2D eigenvalue weighted by Gasteiger charge is 2.26. The molecule has 2 heteroatoms. The smallest absolute Gasteiger partial charge is 0.132 e. The third-order valence-electron chi connectivity index (χ3n) is 3.65. The second kappa shape index (κ2) is 4.92. The monoisotopic (exact) mass is 197 g/mol. The van der Waals surface area contributed by atoms with Crippen LogP contribution in [0.3, 0.4) is 0 Å². The number of likely N-dealkylation sites (tertiary alicyclic amines) is 1. The number of hydrogen-bond acceptors (Lipinski definition) is 2. The molecule has 1 heterocycles. The molecule has 0 bridgehead atoms. The van der Waals surface area contributed by atoms with Gasteiger partial charge in [-0.3, -0.25) is 4.79 Å². The van der Waals surface area contributed by atoms with Gasteiger partial charge < -0.3 is 4.90 Å². The first-order valence-electron chi connectivity index (χ1n) is 5.77. The second-order valence-electron chi connectivity index (χ2n) is 4.87. The Hall–Kier alpha value is -0.370. The number of nitrogens with zero attached hydrogens (tertiary/aromatic N) is 1. The SMILES string of the molecule is CC(=O)C(C)C1CCN(C(C)C)CC1. The van der Waals surface area contributed by atoms with Crippen molar-refractivity contribution in [1.29, 1.82) is 0 Å². The normalized spacial score (nSPS) is 22.6. The average Bonchev–Trinajstić information content (AvgIpc) is 2.16. The molecular weight excluding hydrogens is 174 g/mol. The van der Waals surface area contributed by atoms with E-state index in [1.165, 1.54) is 25.9 Å². The Morgan fingerprint density at radius 2 is 1.71 bits per heavy atom. The third kappa shape index (κ3) is 2.81. The molecule has 0 aromatic heterocycles. The first kappa shape index (κ1) is 11.7. The van der Waals surface area contributed by atoms with Crippen molar-refractivity contribution in [2.45, 2.75) is 46.6 Å². The van der Waals surface area contributed by atoms with Crippen molar-refractivity contribution in [1.82, 2.24) is 4.90 Å². The zero-order valence-corrected chi connectivity index (χ0v) is 9.92. The number of ketones is 1. The maximum Gasteiger partial charge on any atom is 0.132 e. The fourth-order valence-electron chi connectivity index (χ4n) is 2.27. The molecule has 1 atom stereocenters. The Labute approximate surface area is 87.7 Å². The van der Waals surface area contributed by atoms with Gasteiger partial charge in [0.1, 0.15) is 5.78 Å². The van der Waals surface area contributed by atoms with Crippen LogP contribution in [0, 0.1) is 11.8 Å². The first-order chi connectivity index (χ1) is 6.52. The number of piperidine rings is 1. The molecule has 2 nitrogen and oxygen atoms in total. The van der Waals surface area contributed by atoms with Crippen LogP contribution >= 0.6 is 0 Å². The summed E-state index contributed by atoms with van der Waals surface area (Å²) in [4.78, 5) is 13.7. The Bertz CT molecular complexity index is 192. The maximum atomic E-state index is 11.2. The summed E-state index contributed by atoms with van der Waals surface area (Å²) in [6.45, 7) is 10.6. The first-order valence-corrected chi connectivity index (χ1v) is 5.77. The minimum atomic E-state index is 0.268. The van der Waals surface area contributed by atoms with Crippen molar-refractivity contribution in [2.24, 2.45) is 11.8 Å². The van der Waals surface area contributed by atoms with Crippen molar-refractivity contribution in [3.05, 3.63) is 0 Å². The van der Waals surface area contributed by atoms with Gasteiger partial charge in [-0.2, -0.15) is 0 Å². The van der Waals surface area contributed by atoms with Crippen LogP contribution in [-0.4, -0.2) is 29.8 Å². The molecule has 0 aliphatic carbocycles. The number of rotatable bonds is 3. The van der Waals surface area contributed by atoms with Crippen LogP contribution in [0.2, 0.25) is 0 Å². The summed E-state index contributed by atoms with van der Waals surface area (Å²) in [7, 11) is 0. The largest absolute Gasteiger partial charge is 0.301 e. The molecule has 14 heavy (non-hydrogen) atoms. The molecule has 0 aromatic carbocycles. The van der Waals surface area contributed by atoms with E-state index in [0.29, 0.717) is 17.7 Å². The summed E-state index contributed by atoms with van der Waals surface area (Å²) in [6.07, 6.45) is 2.39. The van der Waals surface area contributed by atoms with Crippen LogP contribution in [0.25, 0.3) is 0 Å². The highest BCUT2D eigenvalue weighted by atomic mass is 16.1. The fraction of sp³-hybridized carbons (Fsp3) is 0.917. The Balaban J connectivity index is 2.39. The van der Waals surface area contributed by atoms with E-state index in [-0.39, 0.29) is 5.92 Å². The van der Waals surface area contributed by atoms with Crippen molar-refractivity contribution < 1.29 is 4.79 Å². The van der Waals surface area contributed by atoms with Crippen LogP contribution in [-0.2, 0) is 4.79 Å². The molecule has 1 aliphatic rings. The molecule has 0 amide bonds. The molecule has 1 unspecified atom stereocenters. The van der Waals surface area contributed by atoms with E-state index >= 15 is 0 Å². The second-order valence-corrected chi connectivity index (χ2v) is 4.87. The highest BCUT2D eigenvalue weighted by Crippen LogP contribution is 2.26. The van der Waals surface area contributed by atoms with Gasteiger partial charge in [0.25, 0.3) is 0 Å². The van der Waals surface area contributed by atoms with Crippen molar-refractivity contribution in [3.63, 3.8) is 0 Å². The standard InChI is InChI=1S/C12H23NO/c1-9(2)13-7-5-12(6-8-13)10(3)11(4)14/h9-10,12H,5-8H2,1-4H3. The zero-order valence-electron chi connectivity index (χ0n) is 9.92. The van der Waals surface area contributed by atoms with Gasteiger partial charge in [-0.25, -0.2) is 0 Å². The molecule has 0 radical (unpaired) electrons. The quantitative estimate of drug-likeness (QED) is 0.692. The molecule has 0 spiro atoms. The van der Waals surface area contributed by atoms with Crippen LogP contribution in [0.1, 0.15) is 40.5 Å². The van der Waals surface area contributed by atoms with Gasteiger partial charge in [0.2, 0.25) is 0 Å². The lowest BCUT2D eigenvalue weighted by Gasteiger charge is -2.36. The molecular formula is C12H23NO. The van der Waals surface area contributed by atoms with Gasteiger partial charge in [0.05, 0.1) is 0 Å². The van der Waals surface area contributed by atoms with Gasteiger partial charge in [-0.15, -0.1) is 0 Å². The lowest BCUT2D eigenvalue weighted by Crippen LogP contribution is -2.40. The van der Waals surface area contributed by atoms with E-state index in [1.807, 2.05) is 0 Å². The Morgan fingerprint density at radius 1 is 1.21 bits per heavy atom. The average molecular weight is 197 g/mol. The Kier molecular flexibility index (Phi) is 4.11. The van der Waals surface area contributed by atoms with E-state index in [1.54, 1.807) is 6.92 Å². The number of carbonyl (C=O) groups is 1. The van der Waals surface area contributed by atoms with Gasteiger partial charge in [-0.05, 0) is 52.6 Å². The van der Waals surface area contributed by atoms with E-state index in [0.717, 1.165) is 0 Å². The number of hydrogen-bond donors (Lipinski definition) is 0. The predicted molar refractivity (Wildman–Crippen MR) is 59.3 cm³/mol. The van der Waals surface area contributed by atoms with Crippen molar-refractivity contribution in [2.75, 3.05) is 13.1 Å². The summed E-state index contributed by atoms with van der Waals surface area (Å²) in [6, 6.07) is 0.656. The molecule has 0 saturated carbocycles. The van der Waals surface area contributed by atoms with Gasteiger partial charge in [-0.1, -0.05) is 6.92 Å². The van der Waals surface area contributed by atoms with Crippen LogP contribution in [0.15, 0.2) is 0 Å². The van der Waals surface area contributed by atoms with E-state index in [2.05, 4.69) is 25.7 Å².